The summed E-state index contributed by atoms with van der Waals surface area (Å²) >= 11 is 0. The van der Waals surface area contributed by atoms with Gasteiger partial charge in [0.2, 0.25) is 5.91 Å². The van der Waals surface area contributed by atoms with Crippen molar-refractivity contribution in [2.45, 2.75) is 33.4 Å². The Labute approximate surface area is 102 Å². The highest BCUT2D eigenvalue weighted by Gasteiger charge is 2.05. The maximum Gasteiger partial charge on any atom is 0.234 e. The molecule has 0 saturated heterocycles. The summed E-state index contributed by atoms with van der Waals surface area (Å²) in [5, 5.41) is 15.6. The van der Waals surface area contributed by atoms with Crippen LogP contribution < -0.4 is 10.6 Å². The number of hydrogen-bond acceptors (Lipinski definition) is 3. The minimum Gasteiger partial charge on any atom is -0.507 e. The third-order valence-electron chi connectivity index (χ3n) is 2.37. The van der Waals surface area contributed by atoms with Crippen molar-refractivity contribution in [3.8, 4) is 5.75 Å². The summed E-state index contributed by atoms with van der Waals surface area (Å²) in [5.41, 5.74) is 1.65. The van der Waals surface area contributed by atoms with Gasteiger partial charge in [0, 0.05) is 18.2 Å². The summed E-state index contributed by atoms with van der Waals surface area (Å²) in [4.78, 5) is 11.4. The second kappa shape index (κ2) is 6.25. The van der Waals surface area contributed by atoms with Crippen LogP contribution in [0.4, 0.5) is 0 Å². The number of aromatic hydroxyl groups is 1. The number of benzene rings is 1. The van der Waals surface area contributed by atoms with Crippen LogP contribution in [0.5, 0.6) is 5.75 Å². The summed E-state index contributed by atoms with van der Waals surface area (Å²) in [6.07, 6.45) is 0. The molecule has 0 saturated carbocycles. The zero-order valence-corrected chi connectivity index (χ0v) is 10.6. The van der Waals surface area contributed by atoms with Crippen molar-refractivity contribution in [1.29, 1.82) is 0 Å². The van der Waals surface area contributed by atoms with Crippen LogP contribution in [-0.2, 0) is 11.3 Å². The number of phenols is 1. The van der Waals surface area contributed by atoms with E-state index in [-0.39, 0.29) is 18.5 Å². The lowest BCUT2D eigenvalue weighted by molar-refractivity contribution is -0.120. The zero-order chi connectivity index (χ0) is 12.8. The topological polar surface area (TPSA) is 61.4 Å². The van der Waals surface area contributed by atoms with Gasteiger partial charge >= 0.3 is 0 Å². The normalized spacial score (nSPS) is 10.6. The Bertz CT molecular complexity index is 389. The van der Waals surface area contributed by atoms with Crippen molar-refractivity contribution < 1.29 is 9.90 Å². The fraction of sp³-hybridized carbons (Fsp3) is 0.462. The minimum absolute atomic E-state index is 0.0351. The Morgan fingerprint density at radius 2 is 2.12 bits per heavy atom. The Morgan fingerprint density at radius 1 is 1.41 bits per heavy atom. The van der Waals surface area contributed by atoms with Gasteiger partial charge in [0.15, 0.2) is 0 Å². The molecule has 1 aromatic carbocycles. The molecule has 0 aliphatic carbocycles. The number of phenolic OH excluding ortho intramolecular Hbond substituents is 1. The highest BCUT2D eigenvalue weighted by atomic mass is 16.3. The third kappa shape index (κ3) is 4.44. The van der Waals surface area contributed by atoms with Crippen molar-refractivity contribution in [3.63, 3.8) is 0 Å². The molecule has 0 atom stereocenters. The average Bonchev–Trinajstić information content (AvgIpc) is 2.23. The van der Waals surface area contributed by atoms with Gasteiger partial charge < -0.3 is 15.7 Å². The van der Waals surface area contributed by atoms with E-state index in [4.69, 9.17) is 0 Å². The molecule has 0 bridgehead atoms. The molecular formula is C13H20N2O2. The molecule has 94 valence electrons. The van der Waals surface area contributed by atoms with Gasteiger partial charge in [-0.15, -0.1) is 0 Å². The molecule has 4 nitrogen and oxygen atoms in total. The monoisotopic (exact) mass is 236 g/mol. The van der Waals surface area contributed by atoms with E-state index in [0.717, 1.165) is 11.1 Å². The predicted molar refractivity (Wildman–Crippen MR) is 67.8 cm³/mol. The predicted octanol–water partition coefficient (Wildman–Crippen LogP) is 1.31. The lowest BCUT2D eigenvalue weighted by Gasteiger charge is -2.10. The standard InChI is InChI=1S/C13H20N2O2/c1-9(2)15-12(16)8-14-7-11-6-4-5-10(3)13(11)17/h4-6,9,14,17H,7-8H2,1-3H3,(H,15,16). The van der Waals surface area contributed by atoms with Crippen molar-refractivity contribution in [2.75, 3.05) is 6.54 Å². The van der Waals surface area contributed by atoms with Crippen LogP contribution in [0.25, 0.3) is 0 Å². The van der Waals surface area contributed by atoms with Gasteiger partial charge in [0.05, 0.1) is 6.54 Å². The molecular weight excluding hydrogens is 216 g/mol. The molecule has 4 heteroatoms. The number of nitrogens with one attached hydrogen (secondary N) is 2. The number of rotatable bonds is 5. The van der Waals surface area contributed by atoms with Gasteiger partial charge in [0.25, 0.3) is 0 Å². The maximum atomic E-state index is 11.4. The average molecular weight is 236 g/mol. The number of carbonyl (C=O) groups excluding carboxylic acids is 1. The Balaban J connectivity index is 2.41. The lowest BCUT2D eigenvalue weighted by atomic mass is 10.1. The van der Waals surface area contributed by atoms with Gasteiger partial charge in [-0.3, -0.25) is 4.79 Å². The summed E-state index contributed by atoms with van der Waals surface area (Å²) in [6.45, 7) is 6.43. The number of hydrogen-bond donors (Lipinski definition) is 3. The van der Waals surface area contributed by atoms with Crippen molar-refractivity contribution in [2.24, 2.45) is 0 Å². The fourth-order valence-electron chi connectivity index (χ4n) is 1.55. The SMILES string of the molecule is Cc1cccc(CNCC(=O)NC(C)C)c1O. The van der Waals surface area contributed by atoms with Crippen LogP contribution in [0.2, 0.25) is 0 Å². The van der Waals surface area contributed by atoms with Gasteiger partial charge in [-0.25, -0.2) is 0 Å². The quantitative estimate of drug-likeness (QED) is 0.722. The molecule has 0 aliphatic rings. The van der Waals surface area contributed by atoms with E-state index in [1.807, 2.05) is 39.0 Å². The van der Waals surface area contributed by atoms with Crippen LogP contribution in [0, 0.1) is 6.92 Å². The Morgan fingerprint density at radius 3 is 2.76 bits per heavy atom. The lowest BCUT2D eigenvalue weighted by Crippen LogP contribution is -2.37. The first kappa shape index (κ1) is 13.5. The van der Waals surface area contributed by atoms with E-state index in [2.05, 4.69) is 10.6 Å². The van der Waals surface area contributed by atoms with Crippen LogP contribution >= 0.6 is 0 Å². The molecule has 1 rings (SSSR count). The summed E-state index contributed by atoms with van der Waals surface area (Å²) < 4.78 is 0. The highest BCUT2D eigenvalue weighted by Crippen LogP contribution is 2.20. The van der Waals surface area contributed by atoms with E-state index in [1.54, 1.807) is 0 Å². The van der Waals surface area contributed by atoms with E-state index in [9.17, 15) is 9.90 Å². The van der Waals surface area contributed by atoms with Crippen LogP contribution in [0.3, 0.4) is 0 Å². The van der Waals surface area contributed by atoms with Crippen LogP contribution in [-0.4, -0.2) is 23.6 Å². The minimum atomic E-state index is -0.0351. The molecule has 0 aromatic heterocycles. The Kier molecular flexibility index (Phi) is 4.97. The van der Waals surface area contributed by atoms with Crippen molar-refractivity contribution >= 4 is 5.91 Å². The van der Waals surface area contributed by atoms with Gasteiger partial charge in [-0.1, -0.05) is 18.2 Å². The fourth-order valence-corrected chi connectivity index (χ4v) is 1.55. The van der Waals surface area contributed by atoms with Crippen molar-refractivity contribution in [1.82, 2.24) is 10.6 Å². The largest absolute Gasteiger partial charge is 0.507 e. The van der Waals surface area contributed by atoms with E-state index in [0.29, 0.717) is 12.3 Å². The summed E-state index contributed by atoms with van der Waals surface area (Å²) in [7, 11) is 0. The van der Waals surface area contributed by atoms with Gasteiger partial charge in [-0.2, -0.15) is 0 Å². The molecule has 0 fully saturated rings. The van der Waals surface area contributed by atoms with E-state index < -0.39 is 0 Å². The second-order valence-electron chi connectivity index (χ2n) is 4.41. The number of aryl methyl sites for hydroxylation is 1. The summed E-state index contributed by atoms with van der Waals surface area (Å²) in [6, 6.07) is 5.73. The smallest absolute Gasteiger partial charge is 0.234 e. The molecule has 0 spiro atoms. The van der Waals surface area contributed by atoms with E-state index >= 15 is 0 Å². The first-order valence-electron chi connectivity index (χ1n) is 5.78. The number of carbonyl (C=O) groups is 1. The third-order valence-corrected chi connectivity index (χ3v) is 2.37. The molecule has 0 unspecified atom stereocenters. The van der Waals surface area contributed by atoms with E-state index in [1.165, 1.54) is 0 Å². The molecule has 3 N–H and O–H groups in total. The number of para-hydroxylation sites is 1. The molecule has 1 aromatic rings. The Hall–Kier alpha value is -1.55. The van der Waals surface area contributed by atoms with Crippen molar-refractivity contribution in [3.05, 3.63) is 29.3 Å². The zero-order valence-electron chi connectivity index (χ0n) is 10.6. The molecule has 0 radical (unpaired) electrons. The second-order valence-corrected chi connectivity index (χ2v) is 4.41. The molecule has 0 heterocycles. The maximum absolute atomic E-state index is 11.4. The van der Waals surface area contributed by atoms with Gasteiger partial charge in [-0.05, 0) is 26.3 Å². The van der Waals surface area contributed by atoms with Crippen LogP contribution in [0.1, 0.15) is 25.0 Å². The van der Waals surface area contributed by atoms with Gasteiger partial charge in [0.1, 0.15) is 5.75 Å². The molecule has 1 amide bonds. The van der Waals surface area contributed by atoms with Crippen LogP contribution in [0.15, 0.2) is 18.2 Å². The molecule has 0 aliphatic heterocycles. The first-order valence-corrected chi connectivity index (χ1v) is 5.78. The number of amides is 1. The first-order chi connectivity index (χ1) is 8.00. The molecule has 17 heavy (non-hydrogen) atoms. The highest BCUT2D eigenvalue weighted by molar-refractivity contribution is 5.78. The summed E-state index contributed by atoms with van der Waals surface area (Å²) in [5.74, 6) is 0.261.